The van der Waals surface area contributed by atoms with Crippen molar-refractivity contribution in [3.8, 4) is 0 Å². The highest BCUT2D eigenvalue weighted by Crippen LogP contribution is 2.20. The maximum Gasteiger partial charge on any atom is 0.0217 e. The Hall–Kier alpha value is -0.0800. The summed E-state index contributed by atoms with van der Waals surface area (Å²) >= 11 is 0. The van der Waals surface area contributed by atoms with E-state index in [9.17, 15) is 0 Å². The van der Waals surface area contributed by atoms with Crippen molar-refractivity contribution in [2.45, 2.75) is 59.4 Å². The Kier molecular flexibility index (Phi) is 7.14. The Morgan fingerprint density at radius 2 is 1.94 bits per heavy atom. The van der Waals surface area contributed by atoms with Crippen LogP contribution in [0.2, 0.25) is 0 Å². The fourth-order valence-electron chi connectivity index (χ4n) is 2.87. The highest BCUT2D eigenvalue weighted by Gasteiger charge is 2.20. The van der Waals surface area contributed by atoms with Gasteiger partial charge in [-0.25, -0.2) is 0 Å². The summed E-state index contributed by atoms with van der Waals surface area (Å²) in [6, 6.07) is 0.665. The molecule has 1 aliphatic heterocycles. The van der Waals surface area contributed by atoms with E-state index in [1.807, 2.05) is 0 Å². The average Bonchev–Trinajstić information content (AvgIpc) is 2.53. The van der Waals surface area contributed by atoms with Gasteiger partial charge in [-0.3, -0.25) is 0 Å². The molecule has 0 amide bonds. The van der Waals surface area contributed by atoms with E-state index in [4.69, 9.17) is 0 Å². The highest BCUT2D eigenvalue weighted by atomic mass is 15.1. The molecule has 2 atom stereocenters. The van der Waals surface area contributed by atoms with Gasteiger partial charge in [-0.2, -0.15) is 0 Å². The number of nitrogens with zero attached hydrogens (tertiary/aromatic N) is 1. The third-order valence-corrected chi connectivity index (χ3v) is 4.24. The number of likely N-dealkylation sites (tertiary alicyclic amines) is 1. The molecule has 2 nitrogen and oxygen atoms in total. The largest absolute Gasteiger partial charge is 0.313 e. The second-order valence-electron chi connectivity index (χ2n) is 5.91. The zero-order valence-corrected chi connectivity index (χ0v) is 12.3. The molecule has 1 saturated heterocycles. The van der Waals surface area contributed by atoms with Gasteiger partial charge >= 0.3 is 0 Å². The lowest BCUT2D eigenvalue weighted by molar-refractivity contribution is 0.223. The van der Waals surface area contributed by atoms with Gasteiger partial charge in [-0.05, 0) is 50.7 Å². The summed E-state index contributed by atoms with van der Waals surface area (Å²) in [5.41, 5.74) is 0. The lowest BCUT2D eigenvalue weighted by Gasteiger charge is -2.29. The van der Waals surface area contributed by atoms with Crippen molar-refractivity contribution < 1.29 is 0 Å². The monoisotopic (exact) mass is 240 g/mol. The molecule has 0 spiro atoms. The first-order chi connectivity index (χ1) is 8.17. The third kappa shape index (κ3) is 5.39. The van der Waals surface area contributed by atoms with Crippen LogP contribution in [0.5, 0.6) is 0 Å². The SMILES string of the molecule is CCNC(CN1CCCC(CC)CC1)C(C)C. The van der Waals surface area contributed by atoms with Gasteiger partial charge in [0, 0.05) is 12.6 Å². The molecule has 102 valence electrons. The molecule has 0 aromatic heterocycles. The zero-order chi connectivity index (χ0) is 12.7. The second kappa shape index (κ2) is 8.10. The summed E-state index contributed by atoms with van der Waals surface area (Å²) in [6.07, 6.45) is 5.62. The molecule has 1 rings (SSSR count). The van der Waals surface area contributed by atoms with Crippen LogP contribution in [0.4, 0.5) is 0 Å². The summed E-state index contributed by atoms with van der Waals surface area (Å²) in [4.78, 5) is 2.68. The van der Waals surface area contributed by atoms with Gasteiger partial charge in [0.15, 0.2) is 0 Å². The van der Waals surface area contributed by atoms with Crippen LogP contribution in [-0.4, -0.2) is 37.1 Å². The van der Waals surface area contributed by atoms with Crippen LogP contribution < -0.4 is 5.32 Å². The Bertz CT molecular complexity index is 191. The van der Waals surface area contributed by atoms with Crippen molar-refractivity contribution in [1.29, 1.82) is 0 Å². The van der Waals surface area contributed by atoms with Gasteiger partial charge in [-0.1, -0.05) is 34.1 Å². The van der Waals surface area contributed by atoms with Crippen molar-refractivity contribution in [3.63, 3.8) is 0 Å². The molecule has 0 bridgehead atoms. The molecule has 0 aliphatic carbocycles. The first-order valence-electron chi connectivity index (χ1n) is 7.63. The molecular formula is C15H32N2. The van der Waals surface area contributed by atoms with Crippen LogP contribution in [0.25, 0.3) is 0 Å². The molecule has 1 aliphatic rings. The quantitative estimate of drug-likeness (QED) is 0.767. The van der Waals surface area contributed by atoms with Crippen LogP contribution in [0.3, 0.4) is 0 Å². The Labute approximate surface area is 108 Å². The topological polar surface area (TPSA) is 15.3 Å². The molecule has 2 heteroatoms. The van der Waals surface area contributed by atoms with Gasteiger partial charge in [0.1, 0.15) is 0 Å². The lowest BCUT2D eigenvalue weighted by atomic mass is 9.98. The summed E-state index contributed by atoms with van der Waals surface area (Å²) in [6.45, 7) is 14.2. The Balaban J connectivity index is 2.38. The normalized spacial score (nSPS) is 24.9. The number of nitrogens with one attached hydrogen (secondary N) is 1. The maximum absolute atomic E-state index is 3.63. The lowest BCUT2D eigenvalue weighted by Crippen LogP contribution is -2.44. The molecule has 0 radical (unpaired) electrons. The fraction of sp³-hybridized carbons (Fsp3) is 1.00. The van der Waals surface area contributed by atoms with Gasteiger partial charge in [-0.15, -0.1) is 0 Å². The maximum atomic E-state index is 3.63. The third-order valence-electron chi connectivity index (χ3n) is 4.24. The smallest absolute Gasteiger partial charge is 0.0217 e. The zero-order valence-electron chi connectivity index (χ0n) is 12.3. The van der Waals surface area contributed by atoms with E-state index in [-0.39, 0.29) is 0 Å². The molecule has 0 aromatic rings. The van der Waals surface area contributed by atoms with Crippen LogP contribution in [0, 0.1) is 11.8 Å². The van der Waals surface area contributed by atoms with Crippen molar-refractivity contribution >= 4 is 0 Å². The standard InChI is InChI=1S/C15H32N2/c1-5-14-8-7-10-17(11-9-14)12-15(13(3)4)16-6-2/h13-16H,5-12H2,1-4H3. The molecule has 2 unspecified atom stereocenters. The molecule has 1 heterocycles. The minimum atomic E-state index is 0.665. The van der Waals surface area contributed by atoms with E-state index in [0.717, 1.165) is 18.4 Å². The van der Waals surface area contributed by atoms with Crippen molar-refractivity contribution in [3.05, 3.63) is 0 Å². The Morgan fingerprint density at radius 1 is 1.18 bits per heavy atom. The molecule has 0 aromatic carbocycles. The number of hydrogen-bond acceptors (Lipinski definition) is 2. The predicted molar refractivity (Wildman–Crippen MR) is 76.4 cm³/mol. The first kappa shape index (κ1) is 15.0. The summed E-state index contributed by atoms with van der Waals surface area (Å²) in [7, 11) is 0. The fourth-order valence-corrected chi connectivity index (χ4v) is 2.87. The van der Waals surface area contributed by atoms with E-state index >= 15 is 0 Å². The molecule has 1 fully saturated rings. The summed E-state index contributed by atoms with van der Waals surface area (Å²) in [5, 5.41) is 3.63. The molecular weight excluding hydrogens is 208 g/mol. The minimum Gasteiger partial charge on any atom is -0.313 e. The van der Waals surface area contributed by atoms with Gasteiger partial charge in [0.25, 0.3) is 0 Å². The van der Waals surface area contributed by atoms with E-state index in [1.54, 1.807) is 0 Å². The first-order valence-corrected chi connectivity index (χ1v) is 7.63. The number of likely N-dealkylation sites (N-methyl/N-ethyl adjacent to an activating group) is 1. The highest BCUT2D eigenvalue weighted by molar-refractivity contribution is 4.77. The van der Waals surface area contributed by atoms with E-state index in [1.165, 1.54) is 45.3 Å². The van der Waals surface area contributed by atoms with Crippen LogP contribution in [0.1, 0.15) is 53.4 Å². The second-order valence-corrected chi connectivity index (χ2v) is 5.91. The van der Waals surface area contributed by atoms with Gasteiger partial charge in [0.05, 0.1) is 0 Å². The molecule has 17 heavy (non-hydrogen) atoms. The van der Waals surface area contributed by atoms with E-state index in [0.29, 0.717) is 6.04 Å². The minimum absolute atomic E-state index is 0.665. The van der Waals surface area contributed by atoms with Crippen molar-refractivity contribution in [1.82, 2.24) is 10.2 Å². The summed E-state index contributed by atoms with van der Waals surface area (Å²) < 4.78 is 0. The van der Waals surface area contributed by atoms with Crippen LogP contribution in [-0.2, 0) is 0 Å². The van der Waals surface area contributed by atoms with Crippen LogP contribution in [0.15, 0.2) is 0 Å². The number of rotatable bonds is 6. The predicted octanol–water partition coefficient (Wildman–Crippen LogP) is 3.13. The van der Waals surface area contributed by atoms with Crippen molar-refractivity contribution in [2.24, 2.45) is 11.8 Å². The van der Waals surface area contributed by atoms with E-state index < -0.39 is 0 Å². The average molecular weight is 240 g/mol. The summed E-state index contributed by atoms with van der Waals surface area (Å²) in [5.74, 6) is 1.72. The molecule has 0 saturated carbocycles. The molecule has 1 N–H and O–H groups in total. The van der Waals surface area contributed by atoms with Crippen LogP contribution >= 0.6 is 0 Å². The Morgan fingerprint density at radius 3 is 2.53 bits per heavy atom. The number of hydrogen-bond donors (Lipinski definition) is 1. The van der Waals surface area contributed by atoms with Gasteiger partial charge in [0.2, 0.25) is 0 Å². The van der Waals surface area contributed by atoms with E-state index in [2.05, 4.69) is 37.9 Å². The van der Waals surface area contributed by atoms with Crippen molar-refractivity contribution in [2.75, 3.05) is 26.2 Å². The van der Waals surface area contributed by atoms with Gasteiger partial charge < -0.3 is 10.2 Å².